The summed E-state index contributed by atoms with van der Waals surface area (Å²) in [6, 6.07) is 10.6. The number of fused-ring (bicyclic) bond motifs is 1. The van der Waals surface area contributed by atoms with Crippen molar-refractivity contribution >= 4 is 17.6 Å². The molecule has 12 heteroatoms. The van der Waals surface area contributed by atoms with Crippen molar-refractivity contribution in [1.82, 2.24) is 19.7 Å². The molecule has 0 aliphatic carbocycles. The zero-order valence-electron chi connectivity index (χ0n) is 21.1. The molecule has 0 bridgehead atoms. The number of alkyl halides is 3. The molecule has 2 aromatic carbocycles. The van der Waals surface area contributed by atoms with Crippen molar-refractivity contribution in [3.63, 3.8) is 0 Å². The van der Waals surface area contributed by atoms with Crippen molar-refractivity contribution in [3.8, 4) is 6.07 Å². The van der Waals surface area contributed by atoms with Crippen molar-refractivity contribution < 1.29 is 22.7 Å². The fraction of sp³-hybridized carbons (Fsp3) is 0.308. The van der Waals surface area contributed by atoms with E-state index in [2.05, 4.69) is 16.3 Å². The van der Waals surface area contributed by atoms with Crippen LogP contribution in [0, 0.1) is 11.3 Å². The minimum atomic E-state index is -4.60. The predicted molar refractivity (Wildman–Crippen MR) is 133 cm³/mol. The minimum absolute atomic E-state index is 0.00685. The molecule has 38 heavy (non-hydrogen) atoms. The molecule has 0 saturated heterocycles. The van der Waals surface area contributed by atoms with Crippen LogP contribution in [0.3, 0.4) is 0 Å². The van der Waals surface area contributed by atoms with Crippen LogP contribution in [0.25, 0.3) is 0 Å². The molecule has 198 valence electrons. The Hall–Kier alpha value is -4.37. The molecule has 0 saturated carbocycles. The average molecular weight is 527 g/mol. The van der Waals surface area contributed by atoms with Crippen LogP contribution in [0.4, 0.5) is 24.8 Å². The third kappa shape index (κ3) is 4.80. The number of esters is 1. The number of benzene rings is 2. The molecule has 1 unspecified atom stereocenters. The van der Waals surface area contributed by atoms with Gasteiger partial charge in [0.1, 0.15) is 6.04 Å². The van der Waals surface area contributed by atoms with Crippen LogP contribution in [-0.4, -0.2) is 53.4 Å². The number of hydrogen-bond donors (Lipinski definition) is 1. The standard InChI is InChI=1S/C26H25F3N6O3/c1-15-21(23(36)38-4)22(20-9-8-16(14-30)12-17(20)10-11-33(2)3)35-24(31-32-25(35)37)34(15)19-7-5-6-18(13-19)26(27,28)29/h5-9,12-13,22H,10-11H2,1-4H3,(H,32,37). The number of ether oxygens (including phenoxy) is 1. The number of rotatable bonds is 6. The number of aromatic amines is 1. The Morgan fingerprint density at radius 2 is 1.97 bits per heavy atom. The Labute approximate surface area is 216 Å². The lowest BCUT2D eigenvalue weighted by Crippen LogP contribution is -2.38. The summed E-state index contributed by atoms with van der Waals surface area (Å²) in [7, 11) is 4.97. The first-order chi connectivity index (χ1) is 18.0. The fourth-order valence-electron chi connectivity index (χ4n) is 4.58. The van der Waals surface area contributed by atoms with Gasteiger partial charge in [-0.1, -0.05) is 12.1 Å². The van der Waals surface area contributed by atoms with Crippen LogP contribution >= 0.6 is 0 Å². The third-order valence-corrected chi connectivity index (χ3v) is 6.37. The van der Waals surface area contributed by atoms with Crippen molar-refractivity contribution in [3.05, 3.63) is 86.5 Å². The topological polar surface area (TPSA) is 107 Å². The summed E-state index contributed by atoms with van der Waals surface area (Å²) in [4.78, 5) is 29.6. The van der Waals surface area contributed by atoms with E-state index in [1.54, 1.807) is 25.1 Å². The van der Waals surface area contributed by atoms with Gasteiger partial charge in [-0.3, -0.25) is 4.90 Å². The van der Waals surface area contributed by atoms with Crippen LogP contribution in [0.5, 0.6) is 0 Å². The Morgan fingerprint density at radius 3 is 2.61 bits per heavy atom. The summed E-state index contributed by atoms with van der Waals surface area (Å²) < 4.78 is 46.8. The number of H-pyrrole nitrogens is 1. The zero-order chi connectivity index (χ0) is 27.8. The Bertz CT molecular complexity index is 1510. The number of allylic oxidation sites excluding steroid dienone is 1. The molecule has 1 aliphatic heterocycles. The van der Waals surface area contributed by atoms with E-state index >= 15 is 0 Å². The second-order valence-corrected chi connectivity index (χ2v) is 9.05. The van der Waals surface area contributed by atoms with Crippen molar-refractivity contribution in [2.24, 2.45) is 0 Å². The number of carbonyl (C=O) groups excluding carboxylic acids is 1. The molecule has 1 atom stereocenters. The number of anilines is 2. The number of aromatic nitrogens is 3. The summed E-state index contributed by atoms with van der Waals surface area (Å²) in [6.07, 6.45) is -4.10. The largest absolute Gasteiger partial charge is 0.466 e. The highest BCUT2D eigenvalue weighted by atomic mass is 19.4. The summed E-state index contributed by atoms with van der Waals surface area (Å²) in [5, 5.41) is 15.9. The summed E-state index contributed by atoms with van der Waals surface area (Å²) in [5.41, 5.74) is 0.495. The average Bonchev–Trinajstić information content (AvgIpc) is 3.26. The number of carbonyl (C=O) groups is 1. The molecule has 0 amide bonds. The van der Waals surface area contributed by atoms with E-state index < -0.39 is 29.4 Å². The first-order valence-corrected chi connectivity index (χ1v) is 11.6. The molecular formula is C26H25F3N6O3. The summed E-state index contributed by atoms with van der Waals surface area (Å²) in [6.45, 7) is 2.18. The first-order valence-electron chi connectivity index (χ1n) is 11.6. The van der Waals surface area contributed by atoms with E-state index in [1.165, 1.54) is 28.7 Å². The van der Waals surface area contributed by atoms with Gasteiger partial charge in [-0.05, 0) is 68.9 Å². The Balaban J connectivity index is 2.00. The fourth-order valence-corrected chi connectivity index (χ4v) is 4.58. The minimum Gasteiger partial charge on any atom is -0.466 e. The van der Waals surface area contributed by atoms with Crippen LogP contribution in [-0.2, 0) is 22.1 Å². The van der Waals surface area contributed by atoms with Crippen molar-refractivity contribution in [2.75, 3.05) is 32.6 Å². The monoisotopic (exact) mass is 526 g/mol. The van der Waals surface area contributed by atoms with Gasteiger partial charge in [0.2, 0.25) is 5.95 Å². The second kappa shape index (κ2) is 10.2. The lowest BCUT2D eigenvalue weighted by atomic mass is 9.89. The molecule has 0 radical (unpaired) electrons. The molecule has 1 N–H and O–H groups in total. The van der Waals surface area contributed by atoms with Gasteiger partial charge in [0.05, 0.1) is 29.9 Å². The van der Waals surface area contributed by atoms with Crippen LogP contribution in [0.15, 0.2) is 58.5 Å². The number of nitriles is 1. The van der Waals surface area contributed by atoms with Crippen LogP contribution in [0.1, 0.15) is 35.2 Å². The molecule has 0 fully saturated rings. The van der Waals surface area contributed by atoms with E-state index in [0.717, 1.165) is 17.7 Å². The summed E-state index contributed by atoms with van der Waals surface area (Å²) in [5.74, 6) is -0.751. The van der Waals surface area contributed by atoms with E-state index in [9.17, 15) is 28.0 Å². The highest BCUT2D eigenvalue weighted by molar-refractivity contribution is 5.93. The number of hydrogen-bond acceptors (Lipinski definition) is 7. The maximum Gasteiger partial charge on any atom is 0.416 e. The van der Waals surface area contributed by atoms with Gasteiger partial charge in [-0.2, -0.15) is 18.4 Å². The quantitative estimate of drug-likeness (QED) is 0.488. The van der Waals surface area contributed by atoms with Gasteiger partial charge in [0.25, 0.3) is 0 Å². The Morgan fingerprint density at radius 1 is 1.24 bits per heavy atom. The molecule has 1 aromatic heterocycles. The number of methoxy groups -OCH3 is 1. The molecule has 1 aliphatic rings. The summed E-state index contributed by atoms with van der Waals surface area (Å²) >= 11 is 0. The van der Waals surface area contributed by atoms with Crippen LogP contribution < -0.4 is 10.6 Å². The highest BCUT2D eigenvalue weighted by Gasteiger charge is 2.41. The van der Waals surface area contributed by atoms with E-state index in [-0.39, 0.29) is 22.9 Å². The number of halogens is 3. The van der Waals surface area contributed by atoms with E-state index in [1.807, 2.05) is 19.0 Å². The normalized spacial score (nSPS) is 15.4. The van der Waals surface area contributed by atoms with Crippen molar-refractivity contribution in [1.29, 1.82) is 5.26 Å². The lowest BCUT2D eigenvalue weighted by Gasteiger charge is -2.36. The SMILES string of the molecule is COC(=O)C1=C(C)N(c2cccc(C(F)(F)F)c2)c2n[nH]c(=O)n2C1c1ccc(C#N)cc1CCN(C)C. The van der Waals surface area contributed by atoms with Gasteiger partial charge in [0, 0.05) is 17.9 Å². The number of likely N-dealkylation sites (N-methyl/N-ethyl adjacent to an activating group) is 1. The van der Waals surface area contributed by atoms with Crippen molar-refractivity contribution in [2.45, 2.75) is 25.6 Å². The number of nitrogens with one attached hydrogen (secondary N) is 1. The van der Waals surface area contributed by atoms with E-state index in [0.29, 0.717) is 24.1 Å². The smallest absolute Gasteiger partial charge is 0.416 e. The molecule has 4 rings (SSSR count). The van der Waals surface area contributed by atoms with Crippen LogP contribution in [0.2, 0.25) is 0 Å². The van der Waals surface area contributed by atoms with Gasteiger partial charge >= 0.3 is 17.8 Å². The third-order valence-electron chi connectivity index (χ3n) is 6.37. The molecule has 9 nitrogen and oxygen atoms in total. The zero-order valence-corrected chi connectivity index (χ0v) is 21.1. The Kier molecular flexibility index (Phi) is 7.15. The molecular weight excluding hydrogens is 501 g/mol. The highest BCUT2D eigenvalue weighted by Crippen LogP contribution is 2.43. The number of nitrogens with zero attached hydrogens (tertiary/aromatic N) is 5. The van der Waals surface area contributed by atoms with Gasteiger partial charge in [-0.15, -0.1) is 5.10 Å². The first kappa shape index (κ1) is 26.7. The maximum atomic E-state index is 13.5. The van der Waals surface area contributed by atoms with Gasteiger partial charge in [-0.25, -0.2) is 19.3 Å². The lowest BCUT2D eigenvalue weighted by molar-refractivity contribution is -0.138. The van der Waals surface area contributed by atoms with E-state index in [4.69, 9.17) is 4.74 Å². The second-order valence-electron chi connectivity index (χ2n) is 9.05. The molecule has 3 aromatic rings. The van der Waals surface area contributed by atoms with Gasteiger partial charge < -0.3 is 9.64 Å². The maximum absolute atomic E-state index is 13.5. The predicted octanol–water partition coefficient (Wildman–Crippen LogP) is 3.75. The van der Waals surface area contributed by atoms with Gasteiger partial charge in [0.15, 0.2) is 0 Å². The molecule has 0 spiro atoms. The molecule has 2 heterocycles.